The van der Waals surface area contributed by atoms with Crippen molar-refractivity contribution in [2.75, 3.05) is 17.6 Å². The van der Waals surface area contributed by atoms with Crippen molar-refractivity contribution in [2.24, 2.45) is 0 Å². The van der Waals surface area contributed by atoms with E-state index >= 15 is 0 Å². The lowest BCUT2D eigenvalue weighted by Gasteiger charge is -2.13. The van der Waals surface area contributed by atoms with Crippen molar-refractivity contribution in [3.05, 3.63) is 64.3 Å². The van der Waals surface area contributed by atoms with Crippen LogP contribution in [-0.2, 0) is 4.79 Å². The van der Waals surface area contributed by atoms with Crippen LogP contribution < -0.4 is 10.6 Å². The van der Waals surface area contributed by atoms with Gasteiger partial charge < -0.3 is 10.6 Å². The van der Waals surface area contributed by atoms with Crippen LogP contribution in [0.15, 0.2) is 63.7 Å². The molecule has 0 atom stereocenters. The highest BCUT2D eigenvalue weighted by Crippen LogP contribution is 2.22. The summed E-state index contributed by atoms with van der Waals surface area (Å²) in [5, 5.41) is 6.39. The number of hydrogen-bond acceptors (Lipinski definition) is 4. The normalized spacial score (nSPS) is 13.5. The number of thioether (sulfide) groups is 1. The molecule has 3 rings (SSSR count). The molecule has 2 aromatic rings. The Labute approximate surface area is 183 Å². The largest absolute Gasteiger partial charge is 0.352 e. The Hall–Kier alpha value is -2.12. The van der Waals surface area contributed by atoms with E-state index in [1.165, 1.54) is 30.2 Å². The quantitative estimate of drug-likeness (QED) is 0.408. The minimum Gasteiger partial charge on any atom is -0.352 e. The maximum Gasteiger partial charge on any atom is 0.254 e. The molecule has 1 heterocycles. The number of benzene rings is 1. The molecule has 1 aliphatic carbocycles. The summed E-state index contributed by atoms with van der Waals surface area (Å²) in [5.74, 6) is -0.107. The molecule has 7 heteroatoms. The van der Waals surface area contributed by atoms with Crippen LogP contribution in [0.3, 0.4) is 0 Å². The van der Waals surface area contributed by atoms with Crippen molar-refractivity contribution in [3.8, 4) is 0 Å². The van der Waals surface area contributed by atoms with Crippen LogP contribution in [0.2, 0.25) is 0 Å². The van der Waals surface area contributed by atoms with Crippen molar-refractivity contribution in [3.63, 3.8) is 0 Å². The van der Waals surface area contributed by atoms with Crippen molar-refractivity contribution >= 4 is 45.2 Å². The van der Waals surface area contributed by atoms with E-state index in [2.05, 4.69) is 37.6 Å². The van der Waals surface area contributed by atoms with E-state index in [0.717, 1.165) is 29.4 Å². The molecule has 5 nitrogen and oxygen atoms in total. The number of allylic oxidation sites excluding steroid dienone is 1. The molecule has 152 valence electrons. The fourth-order valence-electron chi connectivity index (χ4n) is 3.11. The van der Waals surface area contributed by atoms with Crippen LogP contribution in [0.5, 0.6) is 0 Å². The monoisotopic (exact) mass is 473 g/mol. The lowest BCUT2D eigenvalue weighted by Crippen LogP contribution is -2.26. The first-order chi connectivity index (χ1) is 14.1. The maximum atomic E-state index is 12.6. The molecule has 2 amide bonds. The fourth-order valence-corrected chi connectivity index (χ4v) is 4.16. The van der Waals surface area contributed by atoms with Crippen molar-refractivity contribution in [1.29, 1.82) is 0 Å². The van der Waals surface area contributed by atoms with Gasteiger partial charge >= 0.3 is 0 Å². The van der Waals surface area contributed by atoms with E-state index in [-0.39, 0.29) is 17.6 Å². The summed E-state index contributed by atoms with van der Waals surface area (Å²) in [6.07, 6.45) is 9.62. The molecule has 0 unspecified atom stereocenters. The van der Waals surface area contributed by atoms with Gasteiger partial charge in [0.05, 0.1) is 11.3 Å². The zero-order valence-corrected chi connectivity index (χ0v) is 18.5. The van der Waals surface area contributed by atoms with E-state index in [9.17, 15) is 9.59 Å². The van der Waals surface area contributed by atoms with Crippen LogP contribution in [-0.4, -0.2) is 29.1 Å². The van der Waals surface area contributed by atoms with E-state index < -0.39 is 0 Å². The summed E-state index contributed by atoms with van der Waals surface area (Å²) in [5.41, 5.74) is 2.67. The van der Waals surface area contributed by atoms with Gasteiger partial charge in [-0.3, -0.25) is 9.59 Å². The van der Waals surface area contributed by atoms with E-state index in [1.807, 2.05) is 24.3 Å². The van der Waals surface area contributed by atoms with Crippen LogP contribution in [0, 0.1) is 0 Å². The summed E-state index contributed by atoms with van der Waals surface area (Å²) < 4.78 is 0.953. The number of carbonyl (C=O) groups excluding carboxylic acids is 2. The summed E-state index contributed by atoms with van der Waals surface area (Å²) in [6, 6.07) is 10.9. The van der Waals surface area contributed by atoms with Crippen LogP contribution in [0.4, 0.5) is 5.69 Å². The molecule has 0 radical (unpaired) electrons. The zero-order chi connectivity index (χ0) is 20.5. The van der Waals surface area contributed by atoms with E-state index in [4.69, 9.17) is 0 Å². The third-order valence-electron chi connectivity index (χ3n) is 4.60. The molecule has 1 aromatic heterocycles. The van der Waals surface area contributed by atoms with Gasteiger partial charge in [-0.25, -0.2) is 4.98 Å². The number of nitrogens with one attached hydrogen (secondary N) is 2. The Balaban J connectivity index is 1.51. The van der Waals surface area contributed by atoms with Gasteiger partial charge in [0, 0.05) is 22.9 Å². The Morgan fingerprint density at radius 2 is 1.97 bits per heavy atom. The minimum atomic E-state index is -0.148. The van der Waals surface area contributed by atoms with Crippen LogP contribution in [0.25, 0.3) is 0 Å². The summed E-state index contributed by atoms with van der Waals surface area (Å²) in [7, 11) is 0. The van der Waals surface area contributed by atoms with Crippen LogP contribution >= 0.6 is 27.7 Å². The fraction of sp³-hybridized carbons (Fsp3) is 0.318. The standard InChI is InChI=1S/C22H24BrN3O2S/c23-17-8-10-18(11-9-17)26-20(27)15-29-22-19(7-4-13-25-22)21(28)24-14-12-16-5-2-1-3-6-16/h4-5,7-11,13H,1-3,6,12,14-15H2,(H,24,28)(H,26,27). The average molecular weight is 474 g/mol. The predicted octanol–water partition coefficient (Wildman–Crippen LogP) is 5.20. The highest BCUT2D eigenvalue weighted by atomic mass is 79.9. The Morgan fingerprint density at radius 3 is 2.72 bits per heavy atom. The lowest BCUT2D eigenvalue weighted by atomic mass is 9.97. The van der Waals surface area contributed by atoms with Crippen LogP contribution in [0.1, 0.15) is 42.5 Å². The lowest BCUT2D eigenvalue weighted by molar-refractivity contribution is -0.113. The molecular formula is C22H24BrN3O2S. The molecule has 2 N–H and O–H groups in total. The zero-order valence-electron chi connectivity index (χ0n) is 16.1. The van der Waals surface area contributed by atoms with Crippen molar-refractivity contribution in [1.82, 2.24) is 10.3 Å². The number of amides is 2. The number of rotatable bonds is 8. The second-order valence-electron chi connectivity index (χ2n) is 6.81. The number of nitrogens with zero attached hydrogens (tertiary/aromatic N) is 1. The molecule has 1 aliphatic rings. The molecule has 0 fully saturated rings. The first kappa shape index (κ1) is 21.6. The Kier molecular flexibility index (Phi) is 8.31. The van der Waals surface area contributed by atoms with Crippen molar-refractivity contribution in [2.45, 2.75) is 37.1 Å². The highest BCUT2D eigenvalue weighted by molar-refractivity contribution is 9.10. The maximum absolute atomic E-state index is 12.6. The molecule has 29 heavy (non-hydrogen) atoms. The van der Waals surface area contributed by atoms with Gasteiger partial charge in [-0.05, 0) is 68.5 Å². The second-order valence-corrected chi connectivity index (χ2v) is 8.69. The molecule has 0 saturated heterocycles. The van der Waals surface area contributed by atoms with Gasteiger partial charge in [-0.1, -0.05) is 39.3 Å². The summed E-state index contributed by atoms with van der Waals surface area (Å²) in [4.78, 5) is 29.1. The SMILES string of the molecule is O=C(CSc1ncccc1C(=O)NCCC1=CCCCC1)Nc1ccc(Br)cc1. The third kappa shape index (κ3) is 7.01. The molecule has 0 bridgehead atoms. The first-order valence-electron chi connectivity index (χ1n) is 9.71. The summed E-state index contributed by atoms with van der Waals surface area (Å²) >= 11 is 4.63. The summed E-state index contributed by atoms with van der Waals surface area (Å²) in [6.45, 7) is 0.619. The predicted molar refractivity (Wildman–Crippen MR) is 121 cm³/mol. The van der Waals surface area contributed by atoms with Gasteiger partial charge in [0.1, 0.15) is 5.03 Å². The van der Waals surface area contributed by atoms with Gasteiger partial charge in [0.25, 0.3) is 5.91 Å². The van der Waals surface area contributed by atoms with Gasteiger partial charge in [0.2, 0.25) is 5.91 Å². The number of carbonyl (C=O) groups is 2. The molecule has 0 spiro atoms. The number of pyridine rings is 1. The minimum absolute atomic E-state index is 0.140. The molecule has 0 saturated carbocycles. The van der Waals surface area contributed by atoms with Gasteiger partial charge in [-0.2, -0.15) is 0 Å². The van der Waals surface area contributed by atoms with Gasteiger partial charge in [-0.15, -0.1) is 0 Å². The van der Waals surface area contributed by atoms with Gasteiger partial charge in [0.15, 0.2) is 0 Å². The Bertz CT molecular complexity index is 884. The molecule has 1 aromatic carbocycles. The number of hydrogen-bond donors (Lipinski definition) is 2. The first-order valence-corrected chi connectivity index (χ1v) is 11.5. The average Bonchev–Trinajstić information content (AvgIpc) is 2.75. The molecule has 0 aliphatic heterocycles. The van der Waals surface area contributed by atoms with E-state index in [0.29, 0.717) is 17.1 Å². The third-order valence-corrected chi connectivity index (χ3v) is 6.13. The van der Waals surface area contributed by atoms with E-state index in [1.54, 1.807) is 18.3 Å². The number of anilines is 1. The molecular weight excluding hydrogens is 450 g/mol. The number of halogens is 1. The second kappa shape index (κ2) is 11.2. The number of aromatic nitrogens is 1. The smallest absolute Gasteiger partial charge is 0.254 e. The van der Waals surface area contributed by atoms with Crippen molar-refractivity contribution < 1.29 is 9.59 Å². The Morgan fingerprint density at radius 1 is 1.14 bits per heavy atom. The highest BCUT2D eigenvalue weighted by Gasteiger charge is 2.14. The topological polar surface area (TPSA) is 71.1 Å².